The molecule has 8 nitrogen and oxygen atoms in total. The van der Waals surface area contributed by atoms with Crippen LogP contribution in [0.5, 0.6) is 0 Å². The average Bonchev–Trinajstić information content (AvgIpc) is 3.07. The number of hydrogen-bond donors (Lipinski definition) is 3. The molecular formula is C21H27N3O5. The molecule has 1 aliphatic rings. The van der Waals surface area contributed by atoms with Gasteiger partial charge in [0, 0.05) is 22.6 Å². The van der Waals surface area contributed by atoms with E-state index in [0.29, 0.717) is 12.8 Å². The van der Waals surface area contributed by atoms with E-state index in [0.717, 1.165) is 22.2 Å². The lowest BCUT2D eigenvalue weighted by atomic mass is 9.89. The molecule has 1 amide bonds. The van der Waals surface area contributed by atoms with E-state index < -0.39 is 29.8 Å². The smallest absolute Gasteiger partial charge is 0.320 e. The third-order valence-electron chi connectivity index (χ3n) is 5.24. The molecule has 1 aromatic heterocycles. The Kier molecular flexibility index (Phi) is 6.53. The number of carbonyl (C=O) groups excluding carboxylic acids is 3. The summed E-state index contributed by atoms with van der Waals surface area (Å²) in [7, 11) is 0. The zero-order valence-corrected chi connectivity index (χ0v) is 16.7. The van der Waals surface area contributed by atoms with Gasteiger partial charge in [-0.2, -0.15) is 0 Å². The number of carbonyl (C=O) groups is 3. The van der Waals surface area contributed by atoms with Crippen LogP contribution >= 0.6 is 0 Å². The van der Waals surface area contributed by atoms with Crippen molar-refractivity contribution in [2.45, 2.75) is 45.2 Å². The third kappa shape index (κ3) is 4.42. The van der Waals surface area contributed by atoms with Gasteiger partial charge in [0.2, 0.25) is 5.91 Å². The van der Waals surface area contributed by atoms with Gasteiger partial charge in [0.05, 0.1) is 19.3 Å². The molecule has 2 unspecified atom stereocenters. The van der Waals surface area contributed by atoms with E-state index in [2.05, 4.69) is 10.3 Å². The monoisotopic (exact) mass is 401 g/mol. The molecule has 0 spiro atoms. The van der Waals surface area contributed by atoms with Crippen molar-refractivity contribution < 1.29 is 23.9 Å². The highest BCUT2D eigenvalue weighted by molar-refractivity contribution is 5.95. The maximum atomic E-state index is 12.3. The van der Waals surface area contributed by atoms with E-state index >= 15 is 0 Å². The van der Waals surface area contributed by atoms with Crippen molar-refractivity contribution >= 4 is 28.7 Å². The number of hydrogen-bond acceptors (Lipinski definition) is 6. The quantitative estimate of drug-likeness (QED) is 0.457. The molecule has 0 bridgehead atoms. The van der Waals surface area contributed by atoms with Crippen molar-refractivity contribution in [2.75, 3.05) is 13.2 Å². The SMILES string of the molecule is CCOC(=O)C(CCC1NC(C(N)=O)Cc2c1[nH]c1ccccc21)C(=O)OCC. The first-order chi connectivity index (χ1) is 14.0. The minimum Gasteiger partial charge on any atom is -0.465 e. The summed E-state index contributed by atoms with van der Waals surface area (Å²) in [5.41, 5.74) is 8.54. The number of rotatable bonds is 8. The Morgan fingerprint density at radius 1 is 1.14 bits per heavy atom. The Hall–Kier alpha value is -2.87. The van der Waals surface area contributed by atoms with Crippen LogP contribution in [0.2, 0.25) is 0 Å². The van der Waals surface area contributed by atoms with Crippen molar-refractivity contribution in [3.63, 3.8) is 0 Å². The molecule has 2 heterocycles. The van der Waals surface area contributed by atoms with E-state index in [-0.39, 0.29) is 25.7 Å². The maximum Gasteiger partial charge on any atom is 0.320 e. The van der Waals surface area contributed by atoms with Gasteiger partial charge in [-0.15, -0.1) is 0 Å². The Balaban J connectivity index is 1.86. The minimum absolute atomic E-state index is 0.187. The lowest BCUT2D eigenvalue weighted by molar-refractivity contribution is -0.162. The molecule has 0 fully saturated rings. The molecule has 0 aliphatic carbocycles. The molecule has 2 aromatic rings. The Morgan fingerprint density at radius 2 is 1.79 bits per heavy atom. The number of para-hydroxylation sites is 1. The number of aromatic amines is 1. The second-order valence-corrected chi connectivity index (χ2v) is 7.08. The summed E-state index contributed by atoms with van der Waals surface area (Å²) in [4.78, 5) is 39.8. The molecule has 8 heteroatoms. The number of H-pyrrole nitrogens is 1. The van der Waals surface area contributed by atoms with Gasteiger partial charge in [0.15, 0.2) is 5.92 Å². The van der Waals surface area contributed by atoms with Crippen molar-refractivity contribution in [3.05, 3.63) is 35.5 Å². The molecule has 1 aliphatic heterocycles. The van der Waals surface area contributed by atoms with Crippen molar-refractivity contribution in [3.8, 4) is 0 Å². The predicted molar refractivity (Wildman–Crippen MR) is 107 cm³/mol. The molecule has 2 atom stereocenters. The molecule has 0 radical (unpaired) electrons. The first-order valence-electron chi connectivity index (χ1n) is 9.94. The standard InChI is InChI=1S/C21H27N3O5/c1-3-28-20(26)13(21(27)29-4-2)9-10-16-18-14(11-17(23-16)19(22)25)12-7-5-6-8-15(12)24-18/h5-8,13,16-17,23-24H,3-4,9-11H2,1-2H3,(H2,22,25). The summed E-state index contributed by atoms with van der Waals surface area (Å²) >= 11 is 0. The molecule has 0 saturated carbocycles. The van der Waals surface area contributed by atoms with Crippen LogP contribution < -0.4 is 11.1 Å². The minimum atomic E-state index is -1.00. The Labute approximate surface area is 169 Å². The molecule has 3 rings (SSSR count). The largest absolute Gasteiger partial charge is 0.465 e. The number of esters is 2. The average molecular weight is 401 g/mol. The summed E-state index contributed by atoms with van der Waals surface area (Å²) in [6.07, 6.45) is 1.16. The van der Waals surface area contributed by atoms with Crippen LogP contribution in [-0.4, -0.2) is 42.1 Å². The van der Waals surface area contributed by atoms with Gasteiger partial charge in [-0.25, -0.2) is 0 Å². The Morgan fingerprint density at radius 3 is 2.41 bits per heavy atom. The maximum absolute atomic E-state index is 12.3. The van der Waals surface area contributed by atoms with Crippen LogP contribution in [0.25, 0.3) is 10.9 Å². The highest BCUT2D eigenvalue weighted by Crippen LogP contribution is 2.34. The van der Waals surface area contributed by atoms with E-state index in [9.17, 15) is 14.4 Å². The van der Waals surface area contributed by atoms with Gasteiger partial charge in [-0.05, 0) is 44.7 Å². The second kappa shape index (κ2) is 9.09. The fourth-order valence-electron chi connectivity index (χ4n) is 3.89. The lowest BCUT2D eigenvalue weighted by Gasteiger charge is -2.30. The Bertz CT molecular complexity index is 889. The number of primary amides is 1. The highest BCUT2D eigenvalue weighted by Gasteiger charge is 2.35. The van der Waals surface area contributed by atoms with Crippen molar-refractivity contribution in [2.24, 2.45) is 11.7 Å². The normalized spacial score (nSPS) is 18.4. The fourth-order valence-corrected chi connectivity index (χ4v) is 3.89. The number of aromatic nitrogens is 1. The van der Waals surface area contributed by atoms with Gasteiger partial charge >= 0.3 is 11.9 Å². The van der Waals surface area contributed by atoms with Gasteiger partial charge in [0.25, 0.3) is 0 Å². The van der Waals surface area contributed by atoms with Crippen LogP contribution in [0.4, 0.5) is 0 Å². The molecular weight excluding hydrogens is 374 g/mol. The van der Waals surface area contributed by atoms with E-state index in [1.807, 2.05) is 24.3 Å². The summed E-state index contributed by atoms with van der Waals surface area (Å²) in [6.45, 7) is 3.76. The number of nitrogens with two attached hydrogens (primary N) is 1. The molecule has 4 N–H and O–H groups in total. The molecule has 0 saturated heterocycles. The second-order valence-electron chi connectivity index (χ2n) is 7.08. The number of amides is 1. The predicted octanol–water partition coefficient (Wildman–Crippen LogP) is 1.73. The zero-order valence-electron chi connectivity index (χ0n) is 16.7. The number of nitrogens with one attached hydrogen (secondary N) is 2. The van der Waals surface area contributed by atoms with Gasteiger partial charge in [-0.1, -0.05) is 18.2 Å². The summed E-state index contributed by atoms with van der Waals surface area (Å²) < 4.78 is 10.1. The van der Waals surface area contributed by atoms with E-state index in [1.54, 1.807) is 13.8 Å². The van der Waals surface area contributed by atoms with Gasteiger partial charge in [0.1, 0.15) is 0 Å². The van der Waals surface area contributed by atoms with Crippen LogP contribution in [0.1, 0.15) is 44.0 Å². The fraction of sp³-hybridized carbons (Fsp3) is 0.476. The van der Waals surface area contributed by atoms with Gasteiger partial charge < -0.3 is 20.2 Å². The summed E-state index contributed by atoms with van der Waals surface area (Å²) in [5.74, 6) is -2.62. The van der Waals surface area contributed by atoms with Crippen LogP contribution in [0, 0.1) is 5.92 Å². The van der Waals surface area contributed by atoms with Crippen molar-refractivity contribution in [1.82, 2.24) is 10.3 Å². The number of ether oxygens (including phenoxy) is 2. The zero-order chi connectivity index (χ0) is 21.0. The first-order valence-corrected chi connectivity index (χ1v) is 9.94. The number of benzene rings is 1. The lowest BCUT2D eigenvalue weighted by Crippen LogP contribution is -2.48. The summed E-state index contributed by atoms with van der Waals surface area (Å²) in [5, 5.41) is 4.31. The first kappa shape index (κ1) is 20.9. The van der Waals surface area contributed by atoms with Crippen LogP contribution in [0.3, 0.4) is 0 Å². The highest BCUT2D eigenvalue weighted by atomic mass is 16.6. The molecule has 1 aromatic carbocycles. The van der Waals surface area contributed by atoms with Crippen LogP contribution in [0.15, 0.2) is 24.3 Å². The molecule has 29 heavy (non-hydrogen) atoms. The number of fused-ring (bicyclic) bond motifs is 3. The van der Waals surface area contributed by atoms with E-state index in [1.165, 1.54) is 0 Å². The van der Waals surface area contributed by atoms with Gasteiger partial charge in [-0.3, -0.25) is 19.7 Å². The third-order valence-corrected chi connectivity index (χ3v) is 5.24. The summed E-state index contributed by atoms with van der Waals surface area (Å²) in [6, 6.07) is 7.10. The van der Waals surface area contributed by atoms with Crippen LogP contribution in [-0.2, 0) is 30.3 Å². The van der Waals surface area contributed by atoms with E-state index in [4.69, 9.17) is 15.2 Å². The topological polar surface area (TPSA) is 124 Å². The van der Waals surface area contributed by atoms with Crippen molar-refractivity contribution in [1.29, 1.82) is 0 Å². The molecule has 156 valence electrons.